The van der Waals surface area contributed by atoms with Gasteiger partial charge in [0.1, 0.15) is 0 Å². The molecule has 5 heteroatoms. The van der Waals surface area contributed by atoms with Crippen LogP contribution in [0, 0.1) is 0 Å². The van der Waals surface area contributed by atoms with Crippen LogP contribution in [-0.4, -0.2) is 44.0 Å². The molecule has 0 aliphatic heterocycles. The smallest absolute Gasteiger partial charge is 0.238 e. The quantitative estimate of drug-likeness (QED) is 0.823. The summed E-state index contributed by atoms with van der Waals surface area (Å²) in [4.78, 5) is 13.6. The van der Waals surface area contributed by atoms with Gasteiger partial charge in [-0.3, -0.25) is 4.79 Å². The Kier molecular flexibility index (Phi) is 6.32. The zero-order chi connectivity index (χ0) is 13.5. The van der Waals surface area contributed by atoms with Crippen molar-refractivity contribution in [2.24, 2.45) is 5.73 Å². The van der Waals surface area contributed by atoms with E-state index in [1.165, 1.54) is 5.56 Å². The number of nitrogens with two attached hydrogens (primary N) is 1. The Labute approximate surface area is 117 Å². The molecule has 0 spiro atoms. The second-order valence-corrected chi connectivity index (χ2v) is 5.45. The normalized spacial score (nSPS) is 12.5. The van der Waals surface area contributed by atoms with Gasteiger partial charge in [-0.2, -0.15) is 0 Å². The molecule has 1 amide bonds. The first-order chi connectivity index (χ1) is 8.49. The second kappa shape index (κ2) is 7.51. The number of carbonyl (C=O) groups excluding carboxylic acids is 1. The summed E-state index contributed by atoms with van der Waals surface area (Å²) in [7, 11) is 3.80. The van der Waals surface area contributed by atoms with Gasteiger partial charge in [0.25, 0.3) is 0 Å². The summed E-state index contributed by atoms with van der Waals surface area (Å²) >= 11 is 3.39. The molecular formula is C13H20BrN3O. The summed E-state index contributed by atoms with van der Waals surface area (Å²) in [6.45, 7) is 1.17. The van der Waals surface area contributed by atoms with Gasteiger partial charge in [-0.15, -0.1) is 0 Å². The van der Waals surface area contributed by atoms with Crippen molar-refractivity contribution in [3.63, 3.8) is 0 Å². The molecule has 0 saturated carbocycles. The number of nitrogens with zero attached hydrogens (tertiary/aromatic N) is 1. The topological polar surface area (TPSA) is 58.4 Å². The molecule has 1 aromatic rings. The maximum absolute atomic E-state index is 11.7. The van der Waals surface area contributed by atoms with Crippen molar-refractivity contribution in [2.45, 2.75) is 12.5 Å². The van der Waals surface area contributed by atoms with Crippen LogP contribution in [0.5, 0.6) is 0 Å². The molecule has 0 aromatic heterocycles. The SMILES string of the molecule is CN(C)CC(N)C(=O)NCCc1ccc(Br)cc1. The molecule has 0 bridgehead atoms. The van der Waals surface area contributed by atoms with Gasteiger partial charge in [-0.05, 0) is 38.2 Å². The lowest BCUT2D eigenvalue weighted by molar-refractivity contribution is -0.122. The monoisotopic (exact) mass is 313 g/mol. The van der Waals surface area contributed by atoms with Gasteiger partial charge >= 0.3 is 0 Å². The molecule has 1 atom stereocenters. The lowest BCUT2D eigenvalue weighted by Crippen LogP contribution is -2.46. The average Bonchev–Trinajstić information content (AvgIpc) is 2.30. The number of carbonyl (C=O) groups is 1. The third kappa shape index (κ3) is 5.62. The van der Waals surface area contributed by atoms with Crippen molar-refractivity contribution in [1.29, 1.82) is 0 Å². The molecule has 1 aromatic carbocycles. The molecule has 0 fully saturated rings. The van der Waals surface area contributed by atoms with Gasteiger partial charge in [0, 0.05) is 17.6 Å². The van der Waals surface area contributed by atoms with Crippen LogP contribution in [0.1, 0.15) is 5.56 Å². The Morgan fingerprint density at radius 1 is 1.39 bits per heavy atom. The van der Waals surface area contributed by atoms with E-state index in [-0.39, 0.29) is 5.91 Å². The minimum Gasteiger partial charge on any atom is -0.354 e. The summed E-state index contributed by atoms with van der Waals surface area (Å²) in [6.07, 6.45) is 0.813. The second-order valence-electron chi connectivity index (χ2n) is 4.54. The molecule has 0 heterocycles. The fourth-order valence-electron chi connectivity index (χ4n) is 1.59. The van der Waals surface area contributed by atoms with Crippen molar-refractivity contribution >= 4 is 21.8 Å². The van der Waals surface area contributed by atoms with Crippen molar-refractivity contribution < 1.29 is 4.79 Å². The van der Waals surface area contributed by atoms with Gasteiger partial charge in [0.2, 0.25) is 5.91 Å². The maximum atomic E-state index is 11.7. The van der Waals surface area contributed by atoms with Crippen molar-refractivity contribution in [3.05, 3.63) is 34.3 Å². The predicted octanol–water partition coefficient (Wildman–Crippen LogP) is 0.997. The Bertz CT molecular complexity index is 378. The summed E-state index contributed by atoms with van der Waals surface area (Å²) in [6, 6.07) is 7.60. The number of amides is 1. The van der Waals surface area contributed by atoms with Crippen LogP contribution in [0.2, 0.25) is 0 Å². The zero-order valence-electron chi connectivity index (χ0n) is 10.8. The van der Waals surface area contributed by atoms with Crippen LogP contribution in [0.4, 0.5) is 0 Å². The lowest BCUT2D eigenvalue weighted by atomic mass is 10.1. The largest absolute Gasteiger partial charge is 0.354 e. The van der Waals surface area contributed by atoms with Crippen LogP contribution < -0.4 is 11.1 Å². The predicted molar refractivity (Wildman–Crippen MR) is 77.4 cm³/mol. The van der Waals surface area contributed by atoms with E-state index in [0.717, 1.165) is 10.9 Å². The molecule has 3 N–H and O–H groups in total. The minimum atomic E-state index is -0.468. The number of halogens is 1. The molecule has 0 aliphatic rings. The molecular weight excluding hydrogens is 294 g/mol. The van der Waals surface area contributed by atoms with Crippen LogP contribution in [0.25, 0.3) is 0 Å². The van der Waals surface area contributed by atoms with E-state index in [4.69, 9.17) is 5.73 Å². The molecule has 1 unspecified atom stereocenters. The van der Waals surface area contributed by atoms with E-state index in [1.807, 2.05) is 43.3 Å². The highest BCUT2D eigenvalue weighted by atomic mass is 79.9. The third-order valence-electron chi connectivity index (χ3n) is 2.52. The lowest BCUT2D eigenvalue weighted by Gasteiger charge is -2.16. The van der Waals surface area contributed by atoms with Crippen molar-refractivity contribution in [2.75, 3.05) is 27.2 Å². The highest BCUT2D eigenvalue weighted by Gasteiger charge is 2.13. The van der Waals surface area contributed by atoms with Gasteiger partial charge in [0.05, 0.1) is 6.04 Å². The van der Waals surface area contributed by atoms with Gasteiger partial charge in [-0.1, -0.05) is 28.1 Å². The highest BCUT2D eigenvalue weighted by molar-refractivity contribution is 9.10. The number of likely N-dealkylation sites (N-methyl/N-ethyl adjacent to an activating group) is 1. The molecule has 18 heavy (non-hydrogen) atoms. The zero-order valence-corrected chi connectivity index (χ0v) is 12.4. The Balaban J connectivity index is 2.29. The fourth-order valence-corrected chi connectivity index (χ4v) is 1.85. The first-order valence-corrected chi connectivity index (χ1v) is 6.71. The van der Waals surface area contributed by atoms with E-state index >= 15 is 0 Å². The average molecular weight is 314 g/mol. The molecule has 1 rings (SSSR count). The van der Waals surface area contributed by atoms with Crippen LogP contribution in [0.15, 0.2) is 28.7 Å². The molecule has 0 aliphatic carbocycles. The summed E-state index contributed by atoms with van der Waals surface area (Å²) < 4.78 is 1.06. The van der Waals surface area contributed by atoms with E-state index in [2.05, 4.69) is 21.2 Å². The van der Waals surface area contributed by atoms with Gasteiger partial charge in [-0.25, -0.2) is 0 Å². The number of hydrogen-bond donors (Lipinski definition) is 2. The fraction of sp³-hybridized carbons (Fsp3) is 0.462. The number of rotatable bonds is 6. The first-order valence-electron chi connectivity index (χ1n) is 5.91. The third-order valence-corrected chi connectivity index (χ3v) is 3.05. The van der Waals surface area contributed by atoms with Gasteiger partial charge in [0.15, 0.2) is 0 Å². The standard InChI is InChI=1S/C13H20BrN3O/c1-17(2)9-12(15)13(18)16-8-7-10-3-5-11(14)6-4-10/h3-6,12H,7-9,15H2,1-2H3,(H,16,18). The van der Waals surface area contributed by atoms with Crippen LogP contribution in [0.3, 0.4) is 0 Å². The van der Waals surface area contributed by atoms with Crippen molar-refractivity contribution in [1.82, 2.24) is 10.2 Å². The maximum Gasteiger partial charge on any atom is 0.238 e. The van der Waals surface area contributed by atoms with Gasteiger partial charge < -0.3 is 16.0 Å². The molecule has 100 valence electrons. The number of nitrogens with one attached hydrogen (secondary N) is 1. The number of hydrogen-bond acceptors (Lipinski definition) is 3. The summed E-state index contributed by atoms with van der Waals surface area (Å²) in [5.41, 5.74) is 6.95. The van der Waals surface area contributed by atoms with Crippen LogP contribution >= 0.6 is 15.9 Å². The van der Waals surface area contributed by atoms with Crippen LogP contribution in [-0.2, 0) is 11.2 Å². The molecule has 4 nitrogen and oxygen atoms in total. The van der Waals surface area contributed by atoms with Crippen molar-refractivity contribution in [3.8, 4) is 0 Å². The first kappa shape index (κ1) is 15.1. The Morgan fingerprint density at radius 3 is 2.56 bits per heavy atom. The summed E-state index contributed by atoms with van der Waals surface area (Å²) in [5.74, 6) is -0.0965. The summed E-state index contributed by atoms with van der Waals surface area (Å²) in [5, 5.41) is 2.85. The number of benzene rings is 1. The van der Waals surface area contributed by atoms with E-state index < -0.39 is 6.04 Å². The Morgan fingerprint density at radius 2 is 2.00 bits per heavy atom. The Hall–Kier alpha value is -0.910. The van der Waals surface area contributed by atoms with E-state index in [9.17, 15) is 4.79 Å². The van der Waals surface area contributed by atoms with E-state index in [1.54, 1.807) is 0 Å². The molecule has 0 saturated heterocycles. The minimum absolute atomic E-state index is 0.0965. The van der Waals surface area contributed by atoms with E-state index in [0.29, 0.717) is 13.1 Å². The molecule has 0 radical (unpaired) electrons. The highest BCUT2D eigenvalue weighted by Crippen LogP contribution is 2.10.